The van der Waals surface area contributed by atoms with E-state index in [4.69, 9.17) is 5.11 Å². The summed E-state index contributed by atoms with van der Waals surface area (Å²) in [5.74, 6) is -1.50. The van der Waals surface area contributed by atoms with Crippen LogP contribution in [-0.4, -0.2) is 11.1 Å². The van der Waals surface area contributed by atoms with Crippen molar-refractivity contribution >= 4 is 5.97 Å². The predicted octanol–water partition coefficient (Wildman–Crippen LogP) is 3.39. The summed E-state index contributed by atoms with van der Waals surface area (Å²) in [4.78, 5) is 10.6. The number of aliphatic carboxylic acids is 1. The lowest BCUT2D eigenvalue weighted by Crippen LogP contribution is -2.22. The number of halogens is 1. The van der Waals surface area contributed by atoms with Gasteiger partial charge in [-0.2, -0.15) is 4.39 Å². The third-order valence-corrected chi connectivity index (χ3v) is 3.26. The van der Waals surface area contributed by atoms with Crippen LogP contribution >= 0.6 is 0 Å². The van der Waals surface area contributed by atoms with E-state index in [0.29, 0.717) is 23.8 Å². The SMILES string of the molecule is CC1CCC(C(C)C)/C(=C(\F)C(=O)O)C1. The summed E-state index contributed by atoms with van der Waals surface area (Å²) < 4.78 is 13.5. The van der Waals surface area contributed by atoms with Crippen LogP contribution in [0.15, 0.2) is 11.4 Å². The van der Waals surface area contributed by atoms with Crippen LogP contribution in [0.1, 0.15) is 40.0 Å². The van der Waals surface area contributed by atoms with E-state index >= 15 is 0 Å². The molecule has 2 nitrogen and oxygen atoms in total. The normalized spacial score (nSPS) is 30.5. The van der Waals surface area contributed by atoms with Gasteiger partial charge in [0.15, 0.2) is 0 Å². The lowest BCUT2D eigenvalue weighted by Gasteiger charge is -2.32. The molecule has 1 aliphatic carbocycles. The summed E-state index contributed by atoms with van der Waals surface area (Å²) in [5, 5.41) is 8.69. The first-order valence-electron chi connectivity index (χ1n) is 5.55. The van der Waals surface area contributed by atoms with Crippen molar-refractivity contribution in [1.82, 2.24) is 0 Å². The molecule has 0 heterocycles. The van der Waals surface area contributed by atoms with E-state index in [1.54, 1.807) is 0 Å². The van der Waals surface area contributed by atoms with Crippen molar-refractivity contribution in [2.45, 2.75) is 40.0 Å². The van der Waals surface area contributed by atoms with E-state index < -0.39 is 11.8 Å². The Morgan fingerprint density at radius 1 is 1.47 bits per heavy atom. The highest BCUT2D eigenvalue weighted by Crippen LogP contribution is 2.39. The Bertz CT molecular complexity index is 281. The lowest BCUT2D eigenvalue weighted by atomic mass is 9.73. The van der Waals surface area contributed by atoms with Gasteiger partial charge in [0.25, 0.3) is 0 Å². The van der Waals surface area contributed by atoms with E-state index in [-0.39, 0.29) is 5.92 Å². The van der Waals surface area contributed by atoms with Gasteiger partial charge in [-0.25, -0.2) is 4.79 Å². The van der Waals surface area contributed by atoms with Gasteiger partial charge in [0.1, 0.15) is 0 Å². The van der Waals surface area contributed by atoms with Crippen LogP contribution in [0, 0.1) is 17.8 Å². The molecule has 0 amide bonds. The maximum absolute atomic E-state index is 13.5. The second-order valence-corrected chi connectivity index (χ2v) is 4.88. The fraction of sp³-hybridized carbons (Fsp3) is 0.750. The molecule has 0 spiro atoms. The molecule has 1 N–H and O–H groups in total. The van der Waals surface area contributed by atoms with Crippen LogP contribution in [0.2, 0.25) is 0 Å². The summed E-state index contributed by atoms with van der Waals surface area (Å²) in [6.07, 6.45) is 2.58. The first-order valence-corrected chi connectivity index (χ1v) is 5.55. The lowest BCUT2D eigenvalue weighted by molar-refractivity contribution is -0.134. The summed E-state index contributed by atoms with van der Waals surface area (Å²) in [6, 6.07) is 0. The van der Waals surface area contributed by atoms with Gasteiger partial charge in [0.05, 0.1) is 0 Å². The Morgan fingerprint density at radius 2 is 2.07 bits per heavy atom. The van der Waals surface area contributed by atoms with E-state index in [9.17, 15) is 9.18 Å². The van der Waals surface area contributed by atoms with Crippen LogP contribution < -0.4 is 0 Å². The van der Waals surface area contributed by atoms with E-state index in [0.717, 1.165) is 12.8 Å². The summed E-state index contributed by atoms with van der Waals surface area (Å²) in [7, 11) is 0. The minimum atomic E-state index is -1.41. The zero-order valence-corrected chi connectivity index (χ0v) is 9.59. The first-order chi connectivity index (χ1) is 6.93. The van der Waals surface area contributed by atoms with Gasteiger partial charge >= 0.3 is 5.97 Å². The van der Waals surface area contributed by atoms with Crippen LogP contribution in [0.4, 0.5) is 4.39 Å². The van der Waals surface area contributed by atoms with Gasteiger partial charge < -0.3 is 5.11 Å². The van der Waals surface area contributed by atoms with Crippen molar-refractivity contribution in [3.63, 3.8) is 0 Å². The van der Waals surface area contributed by atoms with Gasteiger partial charge in [-0.05, 0) is 42.6 Å². The van der Waals surface area contributed by atoms with Gasteiger partial charge in [0, 0.05) is 0 Å². The number of hydrogen-bond donors (Lipinski definition) is 1. The fourth-order valence-electron chi connectivity index (χ4n) is 2.39. The van der Waals surface area contributed by atoms with E-state index in [1.165, 1.54) is 0 Å². The summed E-state index contributed by atoms with van der Waals surface area (Å²) in [6.45, 7) is 6.09. The van der Waals surface area contributed by atoms with Crippen LogP contribution in [0.5, 0.6) is 0 Å². The maximum Gasteiger partial charge on any atom is 0.364 e. The molecule has 0 saturated heterocycles. The van der Waals surface area contributed by atoms with Crippen LogP contribution in [0.3, 0.4) is 0 Å². The van der Waals surface area contributed by atoms with Crippen molar-refractivity contribution in [2.24, 2.45) is 17.8 Å². The fourth-order valence-corrected chi connectivity index (χ4v) is 2.39. The summed E-state index contributed by atoms with van der Waals surface area (Å²) >= 11 is 0. The molecule has 0 aromatic heterocycles. The topological polar surface area (TPSA) is 37.3 Å². The molecule has 3 heteroatoms. The van der Waals surface area contributed by atoms with Gasteiger partial charge in [-0.1, -0.05) is 20.8 Å². The second kappa shape index (κ2) is 4.77. The number of rotatable bonds is 2. The van der Waals surface area contributed by atoms with Crippen molar-refractivity contribution in [1.29, 1.82) is 0 Å². The number of hydrogen-bond acceptors (Lipinski definition) is 1. The molecule has 0 aromatic rings. The largest absolute Gasteiger partial charge is 0.476 e. The average Bonchev–Trinajstić information content (AvgIpc) is 2.15. The third-order valence-electron chi connectivity index (χ3n) is 3.26. The average molecular weight is 214 g/mol. The highest BCUT2D eigenvalue weighted by Gasteiger charge is 2.30. The van der Waals surface area contributed by atoms with Crippen molar-refractivity contribution < 1.29 is 14.3 Å². The van der Waals surface area contributed by atoms with Crippen molar-refractivity contribution in [3.05, 3.63) is 11.4 Å². The molecule has 1 aliphatic rings. The minimum absolute atomic E-state index is 0.109. The van der Waals surface area contributed by atoms with Crippen molar-refractivity contribution in [2.75, 3.05) is 0 Å². The van der Waals surface area contributed by atoms with Gasteiger partial charge in [-0.3, -0.25) is 0 Å². The summed E-state index contributed by atoms with van der Waals surface area (Å²) in [5.41, 5.74) is 0.524. The molecule has 86 valence electrons. The van der Waals surface area contributed by atoms with E-state index in [1.807, 2.05) is 20.8 Å². The molecular weight excluding hydrogens is 195 g/mol. The van der Waals surface area contributed by atoms with Crippen molar-refractivity contribution in [3.8, 4) is 0 Å². The van der Waals surface area contributed by atoms with Crippen LogP contribution in [0.25, 0.3) is 0 Å². The smallest absolute Gasteiger partial charge is 0.364 e. The molecule has 1 fully saturated rings. The minimum Gasteiger partial charge on any atom is -0.476 e. The zero-order valence-electron chi connectivity index (χ0n) is 9.59. The zero-order chi connectivity index (χ0) is 11.6. The standard InChI is InChI=1S/C12H19FO2/c1-7(2)9-5-4-8(3)6-10(9)11(13)12(14)15/h7-9H,4-6H2,1-3H3,(H,14,15)/b11-10-. The van der Waals surface area contributed by atoms with Gasteiger partial charge in [-0.15, -0.1) is 0 Å². The Hall–Kier alpha value is -0.860. The number of allylic oxidation sites excluding steroid dienone is 1. The molecule has 0 aromatic carbocycles. The van der Waals surface area contributed by atoms with Gasteiger partial charge in [0.2, 0.25) is 5.83 Å². The Kier molecular flexibility index (Phi) is 3.89. The first kappa shape index (κ1) is 12.2. The second-order valence-electron chi connectivity index (χ2n) is 4.88. The Labute approximate surface area is 90.2 Å². The maximum atomic E-state index is 13.5. The molecule has 0 aliphatic heterocycles. The van der Waals surface area contributed by atoms with E-state index in [2.05, 4.69) is 0 Å². The Morgan fingerprint density at radius 3 is 2.53 bits per heavy atom. The monoisotopic (exact) mass is 214 g/mol. The molecule has 2 unspecified atom stereocenters. The molecular formula is C12H19FO2. The molecule has 1 saturated carbocycles. The predicted molar refractivity (Wildman–Crippen MR) is 57.1 cm³/mol. The number of carboxylic acid groups (broad SMARTS) is 1. The number of carboxylic acids is 1. The number of carbonyl (C=O) groups is 1. The molecule has 2 atom stereocenters. The highest BCUT2D eigenvalue weighted by molar-refractivity contribution is 5.85. The highest BCUT2D eigenvalue weighted by atomic mass is 19.1. The molecule has 0 bridgehead atoms. The Balaban J connectivity index is 2.98. The quantitative estimate of drug-likeness (QED) is 0.715. The molecule has 1 rings (SSSR count). The third kappa shape index (κ3) is 2.80. The molecule has 15 heavy (non-hydrogen) atoms. The van der Waals surface area contributed by atoms with Crippen LogP contribution in [-0.2, 0) is 4.79 Å². The molecule has 0 radical (unpaired) electrons.